The number of benzene rings is 2. The van der Waals surface area contributed by atoms with E-state index in [2.05, 4.69) is 26.8 Å². The van der Waals surface area contributed by atoms with E-state index in [-0.39, 0.29) is 0 Å². The van der Waals surface area contributed by atoms with Gasteiger partial charge in [0, 0.05) is 17.1 Å². The summed E-state index contributed by atoms with van der Waals surface area (Å²) in [7, 11) is 0. The lowest BCUT2D eigenvalue weighted by Crippen LogP contribution is -2.02. The minimum absolute atomic E-state index is 0.665. The molecular weight excluding hydrogens is 310 g/mol. The molecule has 2 aromatic heterocycles. The molecule has 4 aromatic rings. The van der Waals surface area contributed by atoms with Crippen molar-refractivity contribution in [2.45, 2.75) is 13.3 Å². The van der Waals surface area contributed by atoms with Crippen LogP contribution in [0.5, 0.6) is 0 Å². The molecule has 0 aliphatic heterocycles. The second-order valence-corrected chi connectivity index (χ2v) is 5.65. The summed E-state index contributed by atoms with van der Waals surface area (Å²) in [6, 6.07) is 15.5. The molecule has 2 heterocycles. The number of anilines is 2. The number of aromatic nitrogens is 4. The van der Waals surface area contributed by atoms with Gasteiger partial charge in [-0.1, -0.05) is 36.7 Å². The lowest BCUT2D eigenvalue weighted by molar-refractivity contribution is 0.922. The van der Waals surface area contributed by atoms with Crippen LogP contribution in [0.15, 0.2) is 48.5 Å². The third-order valence-corrected chi connectivity index (χ3v) is 3.94. The lowest BCUT2D eigenvalue weighted by atomic mass is 10.3. The van der Waals surface area contributed by atoms with Crippen LogP contribution in [0, 0.1) is 0 Å². The van der Waals surface area contributed by atoms with Gasteiger partial charge in [0.2, 0.25) is 5.65 Å². The molecule has 0 atom stereocenters. The first-order valence-electron chi connectivity index (χ1n) is 7.41. The predicted octanol–water partition coefficient (Wildman–Crippen LogP) is 4.24. The molecule has 1 N–H and O–H groups in total. The molecule has 23 heavy (non-hydrogen) atoms. The van der Waals surface area contributed by atoms with Gasteiger partial charge in [0.25, 0.3) is 0 Å². The summed E-state index contributed by atoms with van der Waals surface area (Å²) in [6.45, 7) is 2.07. The van der Waals surface area contributed by atoms with Gasteiger partial charge in [0.15, 0.2) is 5.82 Å². The van der Waals surface area contributed by atoms with E-state index in [9.17, 15) is 0 Å². The smallest absolute Gasteiger partial charge is 0.204 e. The highest BCUT2D eigenvalue weighted by Gasteiger charge is 2.14. The third-order valence-electron chi connectivity index (χ3n) is 3.70. The standard InChI is InChI=1S/C17H14ClN5/c1-2-15-21-22-17-16(19-12-7-5-6-11(18)10-12)20-13-8-3-4-9-14(13)23(15)17/h3-10H,2H2,1H3,(H,19,20). The third kappa shape index (κ3) is 2.39. The van der Waals surface area contributed by atoms with Crippen LogP contribution in [0.1, 0.15) is 12.7 Å². The largest absolute Gasteiger partial charge is 0.337 e. The van der Waals surface area contributed by atoms with Gasteiger partial charge >= 0.3 is 0 Å². The fourth-order valence-electron chi connectivity index (χ4n) is 2.66. The van der Waals surface area contributed by atoms with Crippen molar-refractivity contribution in [3.63, 3.8) is 0 Å². The quantitative estimate of drug-likeness (QED) is 0.613. The van der Waals surface area contributed by atoms with E-state index in [1.165, 1.54) is 0 Å². The van der Waals surface area contributed by atoms with Gasteiger partial charge in [0.05, 0.1) is 11.0 Å². The Bertz CT molecular complexity index is 1010. The van der Waals surface area contributed by atoms with Crippen LogP contribution < -0.4 is 5.32 Å². The Morgan fingerprint density at radius 2 is 1.96 bits per heavy atom. The number of fused-ring (bicyclic) bond motifs is 3. The van der Waals surface area contributed by atoms with Crippen molar-refractivity contribution in [2.24, 2.45) is 0 Å². The Kier molecular flexibility index (Phi) is 3.35. The Balaban J connectivity index is 1.96. The number of nitrogens with one attached hydrogen (secondary N) is 1. The minimum Gasteiger partial charge on any atom is -0.337 e. The zero-order valence-electron chi connectivity index (χ0n) is 12.5. The average molecular weight is 324 g/mol. The number of hydrogen-bond acceptors (Lipinski definition) is 4. The summed E-state index contributed by atoms with van der Waals surface area (Å²) in [6.07, 6.45) is 0.797. The molecule has 0 amide bonds. The Morgan fingerprint density at radius 3 is 2.78 bits per heavy atom. The predicted molar refractivity (Wildman–Crippen MR) is 92.4 cm³/mol. The number of para-hydroxylation sites is 2. The highest BCUT2D eigenvalue weighted by atomic mass is 35.5. The Morgan fingerprint density at radius 1 is 1.09 bits per heavy atom. The molecule has 2 aromatic carbocycles. The van der Waals surface area contributed by atoms with Crippen molar-refractivity contribution in [1.29, 1.82) is 0 Å². The molecule has 0 aliphatic carbocycles. The highest BCUT2D eigenvalue weighted by molar-refractivity contribution is 6.30. The van der Waals surface area contributed by atoms with Gasteiger partial charge in [-0.25, -0.2) is 4.98 Å². The van der Waals surface area contributed by atoms with Gasteiger partial charge < -0.3 is 5.32 Å². The first-order chi connectivity index (χ1) is 11.3. The van der Waals surface area contributed by atoms with Gasteiger partial charge in [-0.2, -0.15) is 0 Å². The first kappa shape index (κ1) is 14.0. The second-order valence-electron chi connectivity index (χ2n) is 5.21. The molecule has 114 valence electrons. The molecule has 0 saturated carbocycles. The normalized spacial score (nSPS) is 11.2. The van der Waals surface area contributed by atoms with Crippen molar-refractivity contribution < 1.29 is 0 Å². The molecule has 0 saturated heterocycles. The van der Waals surface area contributed by atoms with E-state index >= 15 is 0 Å². The number of hydrogen-bond donors (Lipinski definition) is 1. The van der Waals surface area contributed by atoms with Crippen LogP contribution in [0.2, 0.25) is 5.02 Å². The maximum atomic E-state index is 6.06. The molecule has 0 unspecified atom stereocenters. The topological polar surface area (TPSA) is 55.1 Å². The van der Waals surface area contributed by atoms with Gasteiger partial charge in [-0.05, 0) is 30.3 Å². The molecule has 4 rings (SSSR count). The van der Waals surface area contributed by atoms with E-state index in [0.717, 1.165) is 29.0 Å². The molecule has 0 aliphatic rings. The molecule has 0 fully saturated rings. The molecule has 0 bridgehead atoms. The zero-order chi connectivity index (χ0) is 15.8. The van der Waals surface area contributed by atoms with E-state index in [0.29, 0.717) is 16.5 Å². The van der Waals surface area contributed by atoms with Gasteiger partial charge in [-0.15, -0.1) is 10.2 Å². The maximum Gasteiger partial charge on any atom is 0.204 e. The maximum absolute atomic E-state index is 6.06. The van der Waals surface area contributed by atoms with Crippen LogP contribution in [0.3, 0.4) is 0 Å². The van der Waals surface area contributed by atoms with E-state index in [1.54, 1.807) is 0 Å². The average Bonchev–Trinajstić information content (AvgIpc) is 3.00. The zero-order valence-corrected chi connectivity index (χ0v) is 13.2. The van der Waals surface area contributed by atoms with E-state index in [1.807, 2.05) is 48.5 Å². The van der Waals surface area contributed by atoms with Gasteiger partial charge in [-0.3, -0.25) is 4.40 Å². The SMILES string of the molecule is CCc1nnc2c(Nc3cccc(Cl)c3)nc3ccccc3n12. The van der Waals surface area contributed by atoms with Crippen molar-refractivity contribution >= 4 is 39.8 Å². The van der Waals surface area contributed by atoms with E-state index in [4.69, 9.17) is 16.6 Å². The fourth-order valence-corrected chi connectivity index (χ4v) is 2.85. The van der Waals surface area contributed by atoms with Crippen LogP contribution in [0.4, 0.5) is 11.5 Å². The molecule has 0 radical (unpaired) electrons. The number of rotatable bonds is 3. The van der Waals surface area contributed by atoms with Crippen molar-refractivity contribution in [1.82, 2.24) is 19.6 Å². The number of halogens is 1. The molecule has 5 nitrogen and oxygen atoms in total. The number of nitrogens with zero attached hydrogens (tertiary/aromatic N) is 4. The summed E-state index contributed by atoms with van der Waals surface area (Å²) in [5, 5.41) is 12.6. The molecule has 0 spiro atoms. The summed E-state index contributed by atoms with van der Waals surface area (Å²) < 4.78 is 2.05. The van der Waals surface area contributed by atoms with Crippen LogP contribution in [0.25, 0.3) is 16.7 Å². The first-order valence-corrected chi connectivity index (χ1v) is 7.79. The lowest BCUT2D eigenvalue weighted by Gasteiger charge is -2.10. The minimum atomic E-state index is 0.665. The van der Waals surface area contributed by atoms with Crippen LogP contribution in [-0.2, 0) is 6.42 Å². The summed E-state index contributed by atoms with van der Waals surface area (Å²) >= 11 is 6.06. The van der Waals surface area contributed by atoms with Crippen LogP contribution in [-0.4, -0.2) is 19.6 Å². The van der Waals surface area contributed by atoms with Crippen molar-refractivity contribution in [2.75, 3.05) is 5.32 Å². The summed E-state index contributed by atoms with van der Waals surface area (Å²) in [5.41, 5.74) is 3.46. The van der Waals surface area contributed by atoms with Crippen molar-refractivity contribution in [3.8, 4) is 0 Å². The van der Waals surface area contributed by atoms with E-state index < -0.39 is 0 Å². The highest BCUT2D eigenvalue weighted by Crippen LogP contribution is 2.25. The van der Waals surface area contributed by atoms with Gasteiger partial charge in [0.1, 0.15) is 5.82 Å². The number of aryl methyl sites for hydroxylation is 1. The summed E-state index contributed by atoms with van der Waals surface area (Å²) in [4.78, 5) is 4.70. The Labute approximate surface area is 137 Å². The van der Waals surface area contributed by atoms with Crippen LogP contribution >= 0.6 is 11.6 Å². The molecular formula is C17H14ClN5. The fraction of sp³-hybridized carbons (Fsp3) is 0.118. The second kappa shape index (κ2) is 5.52. The van der Waals surface area contributed by atoms with Crippen molar-refractivity contribution in [3.05, 3.63) is 59.4 Å². The molecule has 6 heteroatoms. The summed E-state index contributed by atoms with van der Waals surface area (Å²) in [5.74, 6) is 1.57. The monoisotopic (exact) mass is 323 g/mol. The Hall–Kier alpha value is -2.66.